The minimum absolute atomic E-state index is 0.302. The lowest BCUT2D eigenvalue weighted by Gasteiger charge is -2.02. The normalized spacial score (nSPS) is 10.9. The number of aromatic nitrogens is 4. The van der Waals surface area contributed by atoms with Crippen molar-refractivity contribution in [2.24, 2.45) is 0 Å². The first-order valence-corrected chi connectivity index (χ1v) is 9.70. The first kappa shape index (κ1) is 19.5. The monoisotopic (exact) mass is 445 g/mol. The number of rotatable bonds is 5. The highest BCUT2D eigenvalue weighted by atomic mass is 35.5. The highest BCUT2D eigenvalue weighted by Gasteiger charge is 2.14. The summed E-state index contributed by atoms with van der Waals surface area (Å²) >= 11 is 18.0. The van der Waals surface area contributed by atoms with Crippen LogP contribution in [-0.2, 0) is 6.54 Å². The third kappa shape index (κ3) is 4.62. The number of nitrogens with one attached hydrogen (secondary N) is 2. The van der Waals surface area contributed by atoms with E-state index < -0.39 is 0 Å². The number of H-pyrrole nitrogens is 1. The maximum atomic E-state index is 12.5. The molecule has 0 saturated carbocycles. The van der Waals surface area contributed by atoms with Gasteiger partial charge in [-0.15, -0.1) is 0 Å². The van der Waals surface area contributed by atoms with Crippen molar-refractivity contribution >= 4 is 46.4 Å². The van der Waals surface area contributed by atoms with Gasteiger partial charge in [0.15, 0.2) is 0 Å². The third-order valence-electron chi connectivity index (χ3n) is 4.18. The average Bonchev–Trinajstić information content (AvgIpc) is 3.33. The highest BCUT2D eigenvalue weighted by molar-refractivity contribution is 6.36. The zero-order chi connectivity index (χ0) is 20.4. The molecule has 0 aliphatic heterocycles. The second-order valence-electron chi connectivity index (χ2n) is 6.30. The molecular formula is C20H14Cl3N5O. The Morgan fingerprint density at radius 1 is 1.03 bits per heavy atom. The lowest BCUT2D eigenvalue weighted by atomic mass is 10.1. The van der Waals surface area contributed by atoms with Gasteiger partial charge in [0.25, 0.3) is 5.91 Å². The van der Waals surface area contributed by atoms with E-state index in [0.717, 1.165) is 5.56 Å². The van der Waals surface area contributed by atoms with E-state index in [0.29, 0.717) is 44.3 Å². The Kier molecular flexibility index (Phi) is 5.58. The molecule has 0 radical (unpaired) electrons. The SMILES string of the molecule is O=C(Nc1cnn(Cc2ccc(Cl)cc2)c1)c1cc(-c2ccc(Cl)cc2Cl)n[nH]1. The summed E-state index contributed by atoms with van der Waals surface area (Å²) in [6, 6.07) is 14.2. The van der Waals surface area contributed by atoms with E-state index >= 15 is 0 Å². The van der Waals surface area contributed by atoms with Crippen LogP contribution in [0.2, 0.25) is 15.1 Å². The summed E-state index contributed by atoms with van der Waals surface area (Å²) in [5, 5.41) is 15.6. The lowest BCUT2D eigenvalue weighted by Crippen LogP contribution is -2.11. The van der Waals surface area contributed by atoms with Crippen molar-refractivity contribution in [1.29, 1.82) is 0 Å². The van der Waals surface area contributed by atoms with Crippen LogP contribution >= 0.6 is 34.8 Å². The average molecular weight is 447 g/mol. The van der Waals surface area contributed by atoms with Gasteiger partial charge >= 0.3 is 0 Å². The Labute approximate surface area is 181 Å². The molecule has 0 aliphatic rings. The molecule has 0 saturated heterocycles. The quantitative estimate of drug-likeness (QED) is 0.423. The zero-order valence-electron chi connectivity index (χ0n) is 14.9. The number of carbonyl (C=O) groups is 1. The minimum atomic E-state index is -0.333. The first-order valence-electron chi connectivity index (χ1n) is 8.57. The largest absolute Gasteiger partial charge is 0.318 e. The van der Waals surface area contributed by atoms with E-state index in [1.54, 1.807) is 41.3 Å². The molecule has 2 aromatic carbocycles. The molecule has 0 aliphatic carbocycles. The first-order chi connectivity index (χ1) is 14.0. The summed E-state index contributed by atoms with van der Waals surface area (Å²) in [6.45, 7) is 0.566. The van der Waals surface area contributed by atoms with Crippen LogP contribution in [0.4, 0.5) is 5.69 Å². The number of aromatic amines is 1. The fraction of sp³-hybridized carbons (Fsp3) is 0.0500. The van der Waals surface area contributed by atoms with E-state index in [1.807, 2.05) is 24.3 Å². The topological polar surface area (TPSA) is 75.6 Å². The van der Waals surface area contributed by atoms with Gasteiger partial charge in [-0.1, -0.05) is 46.9 Å². The molecule has 0 bridgehead atoms. The molecule has 29 heavy (non-hydrogen) atoms. The van der Waals surface area contributed by atoms with Crippen LogP contribution < -0.4 is 5.32 Å². The van der Waals surface area contributed by atoms with Gasteiger partial charge in [-0.2, -0.15) is 10.2 Å². The Balaban J connectivity index is 1.44. The van der Waals surface area contributed by atoms with Gasteiger partial charge in [0.05, 0.1) is 29.1 Å². The molecule has 0 fully saturated rings. The zero-order valence-corrected chi connectivity index (χ0v) is 17.1. The number of hydrogen-bond donors (Lipinski definition) is 2. The highest BCUT2D eigenvalue weighted by Crippen LogP contribution is 2.29. The molecule has 1 amide bonds. The summed E-state index contributed by atoms with van der Waals surface area (Å²) in [5.74, 6) is -0.333. The van der Waals surface area contributed by atoms with Gasteiger partial charge in [-0.05, 0) is 42.0 Å². The molecule has 2 N–H and O–H groups in total. The molecule has 0 atom stereocenters. The van der Waals surface area contributed by atoms with Gasteiger partial charge in [0, 0.05) is 21.8 Å². The number of hydrogen-bond acceptors (Lipinski definition) is 3. The molecule has 0 unspecified atom stereocenters. The Hall–Kier alpha value is -2.80. The third-order valence-corrected chi connectivity index (χ3v) is 4.98. The van der Waals surface area contributed by atoms with Crippen molar-refractivity contribution in [1.82, 2.24) is 20.0 Å². The molecule has 4 rings (SSSR count). The molecule has 4 aromatic rings. The number of anilines is 1. The molecular weight excluding hydrogens is 433 g/mol. The van der Waals surface area contributed by atoms with Crippen LogP contribution in [0.3, 0.4) is 0 Å². The van der Waals surface area contributed by atoms with Crippen LogP contribution in [0.25, 0.3) is 11.3 Å². The van der Waals surface area contributed by atoms with Crippen molar-refractivity contribution < 1.29 is 4.79 Å². The van der Waals surface area contributed by atoms with Crippen molar-refractivity contribution in [3.8, 4) is 11.3 Å². The van der Waals surface area contributed by atoms with Gasteiger partial charge in [-0.25, -0.2) is 0 Å². The number of amides is 1. The van der Waals surface area contributed by atoms with Gasteiger partial charge < -0.3 is 5.32 Å². The summed E-state index contributed by atoms with van der Waals surface area (Å²) in [5.41, 5.74) is 3.16. The maximum absolute atomic E-state index is 12.5. The van der Waals surface area contributed by atoms with Crippen molar-refractivity contribution in [2.45, 2.75) is 6.54 Å². The Morgan fingerprint density at radius 2 is 1.79 bits per heavy atom. The standard InChI is InChI=1S/C20H14Cl3N5O/c21-13-3-1-12(2-4-13)10-28-11-15(9-24-28)25-20(29)19-8-18(26-27-19)16-6-5-14(22)7-17(16)23/h1-9,11H,10H2,(H,25,29)(H,26,27). The summed E-state index contributed by atoms with van der Waals surface area (Å²) in [7, 11) is 0. The van der Waals surface area contributed by atoms with Gasteiger partial charge in [0.2, 0.25) is 0 Å². The fourth-order valence-corrected chi connectivity index (χ4v) is 3.39. The summed E-state index contributed by atoms with van der Waals surface area (Å²) < 4.78 is 1.73. The molecule has 2 aromatic heterocycles. The van der Waals surface area contributed by atoms with Crippen LogP contribution in [0.1, 0.15) is 16.1 Å². The van der Waals surface area contributed by atoms with E-state index in [-0.39, 0.29) is 5.91 Å². The summed E-state index contributed by atoms with van der Waals surface area (Å²) in [4.78, 5) is 12.5. The van der Waals surface area contributed by atoms with Crippen LogP contribution in [0.15, 0.2) is 60.9 Å². The van der Waals surface area contributed by atoms with E-state index in [9.17, 15) is 4.79 Å². The van der Waals surface area contributed by atoms with Crippen molar-refractivity contribution in [3.05, 3.63) is 87.2 Å². The molecule has 2 heterocycles. The number of nitrogens with zero attached hydrogens (tertiary/aromatic N) is 3. The van der Waals surface area contributed by atoms with Crippen molar-refractivity contribution in [3.63, 3.8) is 0 Å². The Morgan fingerprint density at radius 3 is 2.55 bits per heavy atom. The molecule has 0 spiro atoms. The summed E-state index contributed by atoms with van der Waals surface area (Å²) in [6.07, 6.45) is 3.33. The van der Waals surface area contributed by atoms with Crippen molar-refractivity contribution in [2.75, 3.05) is 5.32 Å². The van der Waals surface area contributed by atoms with Crippen LogP contribution in [-0.4, -0.2) is 25.9 Å². The predicted octanol–water partition coefficient (Wildman–Crippen LogP) is 5.53. The number of carbonyl (C=O) groups excluding carboxylic acids is 1. The Bertz CT molecular complexity index is 1170. The second-order valence-corrected chi connectivity index (χ2v) is 7.58. The number of halogens is 3. The van der Waals surface area contributed by atoms with E-state index in [1.165, 1.54) is 0 Å². The van der Waals surface area contributed by atoms with E-state index in [2.05, 4.69) is 20.6 Å². The second kappa shape index (κ2) is 8.29. The maximum Gasteiger partial charge on any atom is 0.273 e. The lowest BCUT2D eigenvalue weighted by molar-refractivity contribution is 0.102. The van der Waals surface area contributed by atoms with Gasteiger partial charge in [0.1, 0.15) is 5.69 Å². The number of benzene rings is 2. The van der Waals surface area contributed by atoms with Crippen LogP contribution in [0.5, 0.6) is 0 Å². The van der Waals surface area contributed by atoms with E-state index in [4.69, 9.17) is 34.8 Å². The minimum Gasteiger partial charge on any atom is -0.318 e. The van der Waals surface area contributed by atoms with Gasteiger partial charge in [-0.3, -0.25) is 14.6 Å². The van der Waals surface area contributed by atoms with Crippen LogP contribution in [0, 0.1) is 0 Å². The molecule has 146 valence electrons. The smallest absolute Gasteiger partial charge is 0.273 e. The molecule has 6 nitrogen and oxygen atoms in total. The fourth-order valence-electron chi connectivity index (χ4n) is 2.76. The predicted molar refractivity (Wildman–Crippen MR) is 115 cm³/mol. The molecule has 9 heteroatoms.